The Morgan fingerprint density at radius 1 is 1.69 bits per heavy atom. The topological polar surface area (TPSA) is 58.2 Å². The Balaban J connectivity index is 2.66. The zero-order chi connectivity index (χ0) is 9.84. The average molecular weight is 182 g/mol. The largest absolute Gasteiger partial charge is 0.378 e. The van der Waals surface area contributed by atoms with Gasteiger partial charge in [0.25, 0.3) is 5.91 Å². The molecule has 4 heteroatoms. The van der Waals surface area contributed by atoms with Crippen LogP contribution < -0.4 is 10.6 Å². The summed E-state index contributed by atoms with van der Waals surface area (Å²) >= 11 is 0. The number of rotatable bonds is 2. The molecule has 0 aromatic heterocycles. The van der Waals surface area contributed by atoms with Gasteiger partial charge in [0.2, 0.25) is 0 Å². The fourth-order valence-electron chi connectivity index (χ4n) is 1.08. The molecule has 1 amide bonds. The Kier molecular flexibility index (Phi) is 3.06. The van der Waals surface area contributed by atoms with Gasteiger partial charge in [-0.15, -0.1) is 0 Å². The third-order valence-electron chi connectivity index (χ3n) is 1.87. The van der Waals surface area contributed by atoms with Crippen molar-refractivity contribution in [3.8, 4) is 0 Å². The minimum atomic E-state index is -0.194. The van der Waals surface area contributed by atoms with Gasteiger partial charge in [-0.1, -0.05) is 6.92 Å². The maximum atomic E-state index is 11.3. The first-order chi connectivity index (χ1) is 6.13. The quantitative estimate of drug-likeness (QED) is 0.589. The Hall–Kier alpha value is -1.32. The summed E-state index contributed by atoms with van der Waals surface area (Å²) in [6.07, 6.45) is 1.79. The lowest BCUT2D eigenvalue weighted by molar-refractivity contribution is -0.120. The number of amides is 1. The standard InChI is InChI=1S/C9H14N2O2/c1-3-7(12)4-8-9(13)11-6(2)5-10-8/h4,6,10H,3,5H2,1-2H3,(H,11,13)/b8-4-. The second-order valence-electron chi connectivity index (χ2n) is 3.13. The summed E-state index contributed by atoms with van der Waals surface area (Å²) in [7, 11) is 0. The molecule has 0 saturated carbocycles. The predicted octanol–water partition coefficient (Wildman–Crippen LogP) is -0.0427. The first-order valence-corrected chi connectivity index (χ1v) is 4.42. The number of nitrogens with one attached hydrogen (secondary N) is 2. The van der Waals surface area contributed by atoms with E-state index in [1.54, 1.807) is 6.92 Å². The molecule has 0 aromatic rings. The van der Waals surface area contributed by atoms with Crippen LogP contribution in [0.2, 0.25) is 0 Å². The summed E-state index contributed by atoms with van der Waals surface area (Å²) in [6, 6.07) is 0.126. The van der Waals surface area contributed by atoms with E-state index in [2.05, 4.69) is 10.6 Å². The summed E-state index contributed by atoms with van der Waals surface area (Å²) in [5, 5.41) is 5.65. The van der Waals surface area contributed by atoms with E-state index in [1.807, 2.05) is 6.92 Å². The van der Waals surface area contributed by atoms with Gasteiger partial charge >= 0.3 is 0 Å². The van der Waals surface area contributed by atoms with E-state index < -0.39 is 0 Å². The van der Waals surface area contributed by atoms with Crippen LogP contribution >= 0.6 is 0 Å². The molecule has 1 fully saturated rings. The Bertz CT molecular complexity index is 258. The maximum Gasteiger partial charge on any atom is 0.267 e. The van der Waals surface area contributed by atoms with E-state index in [1.165, 1.54) is 6.08 Å². The van der Waals surface area contributed by atoms with Crippen molar-refractivity contribution >= 4 is 11.7 Å². The number of carbonyl (C=O) groups is 2. The van der Waals surface area contributed by atoms with Crippen molar-refractivity contribution in [2.45, 2.75) is 26.3 Å². The summed E-state index contributed by atoms with van der Waals surface area (Å²) in [5.41, 5.74) is 0.380. The second-order valence-corrected chi connectivity index (χ2v) is 3.13. The molecule has 1 unspecified atom stereocenters. The monoisotopic (exact) mass is 182 g/mol. The van der Waals surface area contributed by atoms with Crippen LogP contribution in [0.4, 0.5) is 0 Å². The number of hydrogen-bond donors (Lipinski definition) is 2. The highest BCUT2D eigenvalue weighted by Gasteiger charge is 2.18. The van der Waals surface area contributed by atoms with Crippen LogP contribution in [-0.4, -0.2) is 24.3 Å². The lowest BCUT2D eigenvalue weighted by atomic mass is 10.2. The number of ketones is 1. The molecule has 2 N–H and O–H groups in total. The molecule has 0 spiro atoms. The van der Waals surface area contributed by atoms with Crippen LogP contribution in [0.15, 0.2) is 11.8 Å². The number of allylic oxidation sites excluding steroid dienone is 1. The third kappa shape index (κ3) is 2.57. The molecule has 4 nitrogen and oxygen atoms in total. The Morgan fingerprint density at radius 2 is 2.38 bits per heavy atom. The van der Waals surface area contributed by atoms with Crippen molar-refractivity contribution in [3.63, 3.8) is 0 Å². The van der Waals surface area contributed by atoms with Crippen molar-refractivity contribution in [1.82, 2.24) is 10.6 Å². The summed E-state index contributed by atoms with van der Waals surface area (Å²) in [5.74, 6) is -0.229. The Labute approximate surface area is 77.4 Å². The minimum Gasteiger partial charge on any atom is -0.378 e. The number of hydrogen-bond acceptors (Lipinski definition) is 3. The maximum absolute atomic E-state index is 11.3. The van der Waals surface area contributed by atoms with E-state index in [0.29, 0.717) is 18.7 Å². The predicted molar refractivity (Wildman–Crippen MR) is 49.0 cm³/mol. The van der Waals surface area contributed by atoms with Gasteiger partial charge in [0.1, 0.15) is 5.70 Å². The molecule has 13 heavy (non-hydrogen) atoms. The molecule has 1 atom stereocenters. The molecule has 1 aliphatic heterocycles. The van der Waals surface area contributed by atoms with Gasteiger partial charge in [-0.3, -0.25) is 9.59 Å². The van der Waals surface area contributed by atoms with E-state index >= 15 is 0 Å². The van der Waals surface area contributed by atoms with Crippen molar-refractivity contribution in [3.05, 3.63) is 11.8 Å². The lowest BCUT2D eigenvalue weighted by Crippen LogP contribution is -2.49. The molecule has 0 bridgehead atoms. The number of carbonyl (C=O) groups excluding carboxylic acids is 2. The van der Waals surface area contributed by atoms with Crippen molar-refractivity contribution < 1.29 is 9.59 Å². The summed E-state index contributed by atoms with van der Waals surface area (Å²) < 4.78 is 0. The molecule has 72 valence electrons. The molecule has 1 saturated heterocycles. The van der Waals surface area contributed by atoms with Crippen LogP contribution in [0.5, 0.6) is 0 Å². The van der Waals surface area contributed by atoms with E-state index in [-0.39, 0.29) is 17.7 Å². The normalized spacial score (nSPS) is 25.2. The van der Waals surface area contributed by atoms with Crippen LogP contribution in [0.3, 0.4) is 0 Å². The smallest absolute Gasteiger partial charge is 0.267 e. The van der Waals surface area contributed by atoms with Gasteiger partial charge in [-0.05, 0) is 6.92 Å². The van der Waals surface area contributed by atoms with E-state index in [0.717, 1.165) is 0 Å². The summed E-state index contributed by atoms with van der Waals surface area (Å²) in [6.45, 7) is 4.35. The van der Waals surface area contributed by atoms with Crippen molar-refractivity contribution in [1.29, 1.82) is 0 Å². The highest BCUT2D eigenvalue weighted by atomic mass is 16.2. The van der Waals surface area contributed by atoms with Crippen LogP contribution in [0, 0.1) is 0 Å². The lowest BCUT2D eigenvalue weighted by Gasteiger charge is -2.23. The van der Waals surface area contributed by atoms with Crippen LogP contribution in [0.1, 0.15) is 20.3 Å². The van der Waals surface area contributed by atoms with Gasteiger partial charge < -0.3 is 10.6 Å². The molecule has 1 heterocycles. The highest BCUT2D eigenvalue weighted by molar-refractivity contribution is 6.01. The van der Waals surface area contributed by atoms with Crippen LogP contribution in [0.25, 0.3) is 0 Å². The highest BCUT2D eigenvalue weighted by Crippen LogP contribution is 1.99. The second kappa shape index (κ2) is 4.07. The Morgan fingerprint density at radius 3 is 2.92 bits per heavy atom. The third-order valence-corrected chi connectivity index (χ3v) is 1.87. The van der Waals surface area contributed by atoms with E-state index in [4.69, 9.17) is 0 Å². The SMILES string of the molecule is CCC(=O)/C=C1\NCC(C)NC1=O. The number of piperazine rings is 1. The van der Waals surface area contributed by atoms with Crippen molar-refractivity contribution in [2.75, 3.05) is 6.54 Å². The van der Waals surface area contributed by atoms with Crippen LogP contribution in [-0.2, 0) is 9.59 Å². The molecular weight excluding hydrogens is 168 g/mol. The minimum absolute atomic E-state index is 0.0350. The van der Waals surface area contributed by atoms with Gasteiger partial charge in [0.05, 0.1) is 0 Å². The van der Waals surface area contributed by atoms with Gasteiger partial charge in [0.15, 0.2) is 5.78 Å². The molecule has 1 rings (SSSR count). The average Bonchev–Trinajstić information content (AvgIpc) is 2.09. The first kappa shape index (κ1) is 9.77. The molecular formula is C9H14N2O2. The summed E-state index contributed by atoms with van der Waals surface area (Å²) in [4.78, 5) is 22.3. The molecule has 0 aromatic carbocycles. The van der Waals surface area contributed by atoms with Gasteiger partial charge in [-0.25, -0.2) is 0 Å². The van der Waals surface area contributed by atoms with Crippen molar-refractivity contribution in [2.24, 2.45) is 0 Å². The zero-order valence-corrected chi connectivity index (χ0v) is 7.89. The zero-order valence-electron chi connectivity index (χ0n) is 7.89. The van der Waals surface area contributed by atoms with E-state index in [9.17, 15) is 9.59 Å². The van der Waals surface area contributed by atoms with Gasteiger partial charge in [-0.2, -0.15) is 0 Å². The first-order valence-electron chi connectivity index (χ1n) is 4.42. The molecule has 0 aliphatic carbocycles. The molecule has 0 radical (unpaired) electrons. The van der Waals surface area contributed by atoms with Gasteiger partial charge in [0, 0.05) is 25.1 Å². The molecule has 1 aliphatic rings. The fraction of sp³-hybridized carbons (Fsp3) is 0.556. The fourth-order valence-corrected chi connectivity index (χ4v) is 1.08.